The fourth-order valence-corrected chi connectivity index (χ4v) is 1.68. The molecule has 0 saturated heterocycles. The van der Waals surface area contributed by atoms with Gasteiger partial charge in [0.05, 0.1) is 6.10 Å². The lowest BCUT2D eigenvalue weighted by molar-refractivity contribution is 0.142. The summed E-state index contributed by atoms with van der Waals surface area (Å²) in [6.07, 6.45) is 0.894. The van der Waals surface area contributed by atoms with Gasteiger partial charge in [0.2, 0.25) is 0 Å². The summed E-state index contributed by atoms with van der Waals surface area (Å²) in [4.78, 5) is 0. The lowest BCUT2D eigenvalue weighted by Gasteiger charge is -2.15. The van der Waals surface area contributed by atoms with E-state index >= 15 is 0 Å². The Morgan fingerprint density at radius 1 is 1.25 bits per heavy atom. The molecule has 1 nitrogen and oxygen atoms in total. The van der Waals surface area contributed by atoms with Gasteiger partial charge in [-0.05, 0) is 24.5 Å². The number of benzene rings is 1. The average Bonchev–Trinajstić information content (AvgIpc) is 2.23. The first-order valence-electron chi connectivity index (χ1n) is 5.65. The Balaban J connectivity index is 2.66. The second kappa shape index (κ2) is 5.94. The van der Waals surface area contributed by atoms with Crippen LogP contribution in [0.25, 0.3) is 0 Å². The molecule has 2 atom stereocenters. The molecule has 3 heteroatoms. The lowest BCUT2D eigenvalue weighted by atomic mass is 9.96. The van der Waals surface area contributed by atoms with Crippen molar-refractivity contribution in [3.05, 3.63) is 35.4 Å². The van der Waals surface area contributed by atoms with Gasteiger partial charge in [0.25, 0.3) is 0 Å². The molecule has 1 aromatic rings. The van der Waals surface area contributed by atoms with E-state index in [9.17, 15) is 13.9 Å². The molecule has 1 rings (SSSR count). The predicted octanol–water partition coefficient (Wildman–Crippen LogP) is 3.30. The molecular weight excluding hydrogens is 210 g/mol. The van der Waals surface area contributed by atoms with Crippen LogP contribution in [0.2, 0.25) is 0 Å². The van der Waals surface area contributed by atoms with Crippen molar-refractivity contribution < 1.29 is 13.9 Å². The molecule has 0 amide bonds. The van der Waals surface area contributed by atoms with Gasteiger partial charge in [-0.3, -0.25) is 0 Å². The largest absolute Gasteiger partial charge is 0.393 e. The first-order chi connectivity index (χ1) is 7.54. The highest BCUT2D eigenvalue weighted by molar-refractivity contribution is 5.20. The van der Waals surface area contributed by atoms with E-state index in [4.69, 9.17) is 0 Å². The maximum Gasteiger partial charge on any atom is 0.129 e. The number of hydrogen-bond donors (Lipinski definition) is 1. The van der Waals surface area contributed by atoms with Crippen molar-refractivity contribution >= 4 is 0 Å². The molecule has 16 heavy (non-hydrogen) atoms. The molecule has 0 aliphatic heterocycles. The van der Waals surface area contributed by atoms with E-state index in [1.807, 2.05) is 13.8 Å². The van der Waals surface area contributed by atoms with Crippen LogP contribution in [0.3, 0.4) is 0 Å². The van der Waals surface area contributed by atoms with Crippen LogP contribution in [0, 0.1) is 17.6 Å². The van der Waals surface area contributed by atoms with Crippen molar-refractivity contribution in [3.63, 3.8) is 0 Å². The van der Waals surface area contributed by atoms with Gasteiger partial charge in [0, 0.05) is 12.0 Å². The van der Waals surface area contributed by atoms with Crippen molar-refractivity contribution in [2.45, 2.75) is 39.2 Å². The summed E-state index contributed by atoms with van der Waals surface area (Å²) in [5.74, 6) is -0.795. The monoisotopic (exact) mass is 228 g/mol. The molecule has 90 valence electrons. The highest BCUT2D eigenvalue weighted by atomic mass is 19.1. The molecule has 0 bridgehead atoms. The van der Waals surface area contributed by atoms with E-state index < -0.39 is 17.7 Å². The molecule has 0 aliphatic rings. The smallest absolute Gasteiger partial charge is 0.129 e. The van der Waals surface area contributed by atoms with Crippen LogP contribution >= 0.6 is 0 Å². The third-order valence-corrected chi connectivity index (χ3v) is 2.87. The molecule has 0 saturated carbocycles. The van der Waals surface area contributed by atoms with Gasteiger partial charge in [-0.2, -0.15) is 0 Å². The second-order valence-electron chi connectivity index (χ2n) is 4.31. The van der Waals surface area contributed by atoms with E-state index in [0.29, 0.717) is 12.3 Å². The van der Waals surface area contributed by atoms with E-state index in [1.165, 1.54) is 18.2 Å². The molecule has 0 aliphatic carbocycles. The zero-order chi connectivity index (χ0) is 12.1. The topological polar surface area (TPSA) is 20.2 Å². The third-order valence-electron chi connectivity index (χ3n) is 2.87. The summed E-state index contributed by atoms with van der Waals surface area (Å²) in [5, 5.41) is 9.72. The first kappa shape index (κ1) is 13.1. The number of halogens is 2. The highest BCUT2D eigenvalue weighted by Crippen LogP contribution is 2.18. The fraction of sp³-hybridized carbons (Fsp3) is 0.538. The normalized spacial score (nSPS) is 14.8. The standard InChI is InChI=1S/C13H18F2O/c1-3-9(2)7-10(16)8-11-12(14)5-4-6-13(11)15/h4-6,9-10,16H,3,7-8H2,1-2H3. The number of aliphatic hydroxyl groups excluding tert-OH is 1. The maximum absolute atomic E-state index is 13.3. The summed E-state index contributed by atoms with van der Waals surface area (Å²) < 4.78 is 26.6. The molecule has 2 unspecified atom stereocenters. The molecule has 1 aromatic carbocycles. The Kier molecular flexibility index (Phi) is 4.87. The van der Waals surface area contributed by atoms with Crippen molar-refractivity contribution in [1.82, 2.24) is 0 Å². The molecular formula is C13H18F2O. The zero-order valence-corrected chi connectivity index (χ0v) is 9.71. The van der Waals surface area contributed by atoms with E-state index in [-0.39, 0.29) is 12.0 Å². The summed E-state index contributed by atoms with van der Waals surface area (Å²) in [7, 11) is 0. The van der Waals surface area contributed by atoms with Gasteiger partial charge in [-0.15, -0.1) is 0 Å². The number of aliphatic hydroxyl groups is 1. The Bertz CT molecular complexity index is 318. The minimum Gasteiger partial charge on any atom is -0.393 e. The minimum absolute atomic E-state index is 0.0155. The van der Waals surface area contributed by atoms with Crippen LogP contribution in [-0.4, -0.2) is 11.2 Å². The average molecular weight is 228 g/mol. The third kappa shape index (κ3) is 3.56. The van der Waals surface area contributed by atoms with Gasteiger partial charge in [0.1, 0.15) is 11.6 Å². The van der Waals surface area contributed by atoms with Crippen LogP contribution < -0.4 is 0 Å². The van der Waals surface area contributed by atoms with Gasteiger partial charge < -0.3 is 5.11 Å². The van der Waals surface area contributed by atoms with Crippen molar-refractivity contribution in [3.8, 4) is 0 Å². The van der Waals surface area contributed by atoms with Gasteiger partial charge in [-0.1, -0.05) is 26.3 Å². The first-order valence-corrected chi connectivity index (χ1v) is 5.65. The molecule has 0 aromatic heterocycles. The SMILES string of the molecule is CCC(C)CC(O)Cc1c(F)cccc1F. The second-order valence-corrected chi connectivity index (χ2v) is 4.31. The Morgan fingerprint density at radius 2 is 1.81 bits per heavy atom. The summed E-state index contributed by atoms with van der Waals surface area (Å²) >= 11 is 0. The van der Waals surface area contributed by atoms with Gasteiger partial charge in [-0.25, -0.2) is 8.78 Å². The zero-order valence-electron chi connectivity index (χ0n) is 9.71. The van der Waals surface area contributed by atoms with Crippen molar-refractivity contribution in [2.24, 2.45) is 5.92 Å². The Labute approximate surface area is 95.1 Å². The highest BCUT2D eigenvalue weighted by Gasteiger charge is 2.15. The molecule has 0 spiro atoms. The minimum atomic E-state index is -0.679. The van der Waals surface area contributed by atoms with Crippen LogP contribution in [-0.2, 0) is 6.42 Å². The fourth-order valence-electron chi connectivity index (χ4n) is 1.68. The maximum atomic E-state index is 13.3. The number of hydrogen-bond acceptors (Lipinski definition) is 1. The van der Waals surface area contributed by atoms with E-state index in [0.717, 1.165) is 6.42 Å². The van der Waals surface area contributed by atoms with E-state index in [2.05, 4.69) is 0 Å². The number of rotatable bonds is 5. The van der Waals surface area contributed by atoms with Crippen molar-refractivity contribution in [1.29, 1.82) is 0 Å². The predicted molar refractivity (Wildman–Crippen MR) is 60.1 cm³/mol. The Hall–Kier alpha value is -0.960. The lowest BCUT2D eigenvalue weighted by Crippen LogP contribution is -2.16. The molecule has 0 fully saturated rings. The molecule has 0 radical (unpaired) electrons. The van der Waals surface area contributed by atoms with Crippen LogP contribution in [0.4, 0.5) is 8.78 Å². The summed E-state index contributed by atoms with van der Waals surface area (Å²) in [6, 6.07) is 3.76. The summed E-state index contributed by atoms with van der Waals surface area (Å²) in [5.41, 5.74) is -0.0155. The van der Waals surface area contributed by atoms with Crippen LogP contribution in [0.5, 0.6) is 0 Å². The van der Waals surface area contributed by atoms with Crippen LogP contribution in [0.1, 0.15) is 32.3 Å². The van der Waals surface area contributed by atoms with Gasteiger partial charge in [0.15, 0.2) is 0 Å². The van der Waals surface area contributed by atoms with E-state index in [1.54, 1.807) is 0 Å². The molecule has 1 N–H and O–H groups in total. The van der Waals surface area contributed by atoms with Crippen molar-refractivity contribution in [2.75, 3.05) is 0 Å². The Morgan fingerprint density at radius 3 is 2.31 bits per heavy atom. The molecule has 0 heterocycles. The van der Waals surface area contributed by atoms with Crippen LogP contribution in [0.15, 0.2) is 18.2 Å². The quantitative estimate of drug-likeness (QED) is 0.819. The summed E-state index contributed by atoms with van der Waals surface area (Å²) in [6.45, 7) is 4.04. The van der Waals surface area contributed by atoms with Gasteiger partial charge >= 0.3 is 0 Å².